The smallest absolute Gasteiger partial charge is 0.252 e. The summed E-state index contributed by atoms with van der Waals surface area (Å²) in [5.74, 6) is 0.416. The summed E-state index contributed by atoms with van der Waals surface area (Å²) in [7, 11) is 0. The number of rotatable bonds is 2. The van der Waals surface area contributed by atoms with Gasteiger partial charge in [-0.2, -0.15) is 0 Å². The Labute approximate surface area is 83.1 Å². The van der Waals surface area contributed by atoms with E-state index in [4.69, 9.17) is 16.3 Å². The molecule has 0 saturated carbocycles. The van der Waals surface area contributed by atoms with Gasteiger partial charge in [-0.25, -0.2) is 9.97 Å². The van der Waals surface area contributed by atoms with E-state index in [1.54, 1.807) is 0 Å². The highest BCUT2D eigenvalue weighted by molar-refractivity contribution is 6.30. The maximum Gasteiger partial charge on any atom is 0.252 e. The Morgan fingerprint density at radius 3 is 2.23 bits per heavy atom. The predicted octanol–water partition coefficient (Wildman–Crippen LogP) is 2.53. The summed E-state index contributed by atoms with van der Waals surface area (Å²) in [6.07, 6.45) is 0.0638. The lowest BCUT2D eigenvalue weighted by Crippen LogP contribution is -2.09. The van der Waals surface area contributed by atoms with Gasteiger partial charge in [0.15, 0.2) is 5.15 Å². The summed E-state index contributed by atoms with van der Waals surface area (Å²) < 4.78 is 5.38. The number of aryl methyl sites for hydroxylation is 2. The fraction of sp³-hybridized carbons (Fsp3) is 0.556. The van der Waals surface area contributed by atoms with E-state index in [9.17, 15) is 0 Å². The highest BCUT2D eigenvalue weighted by Crippen LogP contribution is 2.21. The minimum Gasteiger partial charge on any atom is -0.473 e. The number of halogens is 1. The molecule has 72 valence electrons. The molecule has 0 unspecified atom stereocenters. The maximum absolute atomic E-state index is 5.85. The van der Waals surface area contributed by atoms with Crippen molar-refractivity contribution in [2.75, 3.05) is 0 Å². The Kier molecular flexibility index (Phi) is 3.09. The van der Waals surface area contributed by atoms with Gasteiger partial charge in [-0.15, -0.1) is 0 Å². The first-order valence-electron chi connectivity index (χ1n) is 4.18. The van der Waals surface area contributed by atoms with Crippen LogP contribution in [0.25, 0.3) is 0 Å². The molecule has 0 aliphatic rings. The lowest BCUT2D eigenvalue weighted by atomic mass is 10.3. The minimum atomic E-state index is 0.0638. The third-order valence-corrected chi connectivity index (χ3v) is 1.83. The van der Waals surface area contributed by atoms with Gasteiger partial charge in [0.25, 0.3) is 5.88 Å². The van der Waals surface area contributed by atoms with Gasteiger partial charge in [0, 0.05) is 0 Å². The van der Waals surface area contributed by atoms with Gasteiger partial charge in [0.1, 0.15) is 0 Å². The van der Waals surface area contributed by atoms with Gasteiger partial charge in [0.2, 0.25) is 0 Å². The van der Waals surface area contributed by atoms with Crippen LogP contribution in [0.5, 0.6) is 5.88 Å². The molecule has 0 aliphatic heterocycles. The standard InChI is InChI=1S/C9H13ClN2O/c1-5(2)13-9-8(10)11-6(3)7(4)12-9/h5H,1-4H3. The van der Waals surface area contributed by atoms with Crippen molar-refractivity contribution in [2.24, 2.45) is 0 Å². The Hall–Kier alpha value is -0.830. The summed E-state index contributed by atoms with van der Waals surface area (Å²) in [5.41, 5.74) is 1.68. The molecule has 1 heterocycles. The van der Waals surface area contributed by atoms with Crippen molar-refractivity contribution < 1.29 is 4.74 Å². The fourth-order valence-corrected chi connectivity index (χ4v) is 1.07. The topological polar surface area (TPSA) is 35.0 Å². The van der Waals surface area contributed by atoms with Crippen LogP contribution in [0, 0.1) is 13.8 Å². The number of nitrogens with zero attached hydrogens (tertiary/aromatic N) is 2. The van der Waals surface area contributed by atoms with Crippen LogP contribution >= 0.6 is 11.6 Å². The van der Waals surface area contributed by atoms with Crippen LogP contribution in [0.2, 0.25) is 5.15 Å². The van der Waals surface area contributed by atoms with Crippen LogP contribution in [0.1, 0.15) is 25.2 Å². The Morgan fingerprint density at radius 1 is 1.15 bits per heavy atom. The van der Waals surface area contributed by atoms with Crippen LogP contribution in [0.15, 0.2) is 0 Å². The van der Waals surface area contributed by atoms with Crippen LogP contribution in [-0.4, -0.2) is 16.1 Å². The molecule has 0 aromatic carbocycles. The van der Waals surface area contributed by atoms with E-state index in [-0.39, 0.29) is 6.10 Å². The first kappa shape index (κ1) is 10.3. The molecule has 0 atom stereocenters. The molecule has 0 N–H and O–H groups in total. The van der Waals surface area contributed by atoms with Gasteiger partial charge < -0.3 is 4.74 Å². The first-order valence-corrected chi connectivity index (χ1v) is 4.56. The van der Waals surface area contributed by atoms with E-state index in [1.807, 2.05) is 27.7 Å². The van der Waals surface area contributed by atoms with Crippen LogP contribution < -0.4 is 4.74 Å². The predicted molar refractivity (Wildman–Crippen MR) is 52.3 cm³/mol. The second kappa shape index (κ2) is 3.92. The molecule has 4 heteroatoms. The molecule has 0 bridgehead atoms. The lowest BCUT2D eigenvalue weighted by molar-refractivity contribution is 0.231. The van der Waals surface area contributed by atoms with Crippen LogP contribution in [0.3, 0.4) is 0 Å². The third kappa shape index (κ3) is 2.56. The average molecular weight is 201 g/mol. The van der Waals surface area contributed by atoms with Crippen LogP contribution in [-0.2, 0) is 0 Å². The summed E-state index contributed by atoms with van der Waals surface area (Å²) >= 11 is 5.85. The zero-order valence-corrected chi connectivity index (χ0v) is 9.01. The van der Waals surface area contributed by atoms with Gasteiger partial charge in [-0.05, 0) is 27.7 Å². The van der Waals surface area contributed by atoms with Gasteiger partial charge in [-0.3, -0.25) is 0 Å². The molecule has 0 radical (unpaired) electrons. The van der Waals surface area contributed by atoms with Crippen molar-refractivity contribution >= 4 is 11.6 Å². The highest BCUT2D eigenvalue weighted by atomic mass is 35.5. The van der Waals surface area contributed by atoms with E-state index >= 15 is 0 Å². The zero-order valence-electron chi connectivity index (χ0n) is 8.26. The molecule has 1 aromatic heterocycles. The molecule has 1 rings (SSSR count). The summed E-state index contributed by atoms with van der Waals surface area (Å²) in [5, 5.41) is 0.330. The van der Waals surface area contributed by atoms with Gasteiger partial charge in [-0.1, -0.05) is 11.6 Å². The van der Waals surface area contributed by atoms with Crippen molar-refractivity contribution in [3.8, 4) is 5.88 Å². The molecule has 3 nitrogen and oxygen atoms in total. The van der Waals surface area contributed by atoms with E-state index in [0.717, 1.165) is 11.4 Å². The number of hydrogen-bond acceptors (Lipinski definition) is 3. The molecular weight excluding hydrogens is 188 g/mol. The fourth-order valence-electron chi connectivity index (χ4n) is 0.854. The van der Waals surface area contributed by atoms with Crippen molar-refractivity contribution in [2.45, 2.75) is 33.8 Å². The highest BCUT2D eigenvalue weighted by Gasteiger charge is 2.09. The number of ether oxygens (including phenoxy) is 1. The Morgan fingerprint density at radius 2 is 1.69 bits per heavy atom. The molecule has 0 aliphatic carbocycles. The molecule has 0 fully saturated rings. The second-order valence-electron chi connectivity index (χ2n) is 3.16. The third-order valence-electron chi connectivity index (χ3n) is 1.58. The summed E-state index contributed by atoms with van der Waals surface area (Å²) in [4.78, 5) is 8.30. The first-order chi connectivity index (χ1) is 6.00. The van der Waals surface area contributed by atoms with Gasteiger partial charge >= 0.3 is 0 Å². The number of hydrogen-bond donors (Lipinski definition) is 0. The van der Waals surface area contributed by atoms with Crippen molar-refractivity contribution in [3.63, 3.8) is 0 Å². The van der Waals surface area contributed by atoms with E-state index in [2.05, 4.69) is 9.97 Å². The lowest BCUT2D eigenvalue weighted by Gasteiger charge is -2.10. The normalized spacial score (nSPS) is 10.6. The molecular formula is C9H13ClN2O. The summed E-state index contributed by atoms with van der Waals surface area (Å²) in [6, 6.07) is 0. The van der Waals surface area contributed by atoms with Crippen LogP contribution in [0.4, 0.5) is 0 Å². The maximum atomic E-state index is 5.85. The van der Waals surface area contributed by atoms with Crippen molar-refractivity contribution in [3.05, 3.63) is 16.5 Å². The quantitative estimate of drug-likeness (QED) is 0.736. The monoisotopic (exact) mass is 200 g/mol. The Balaban J connectivity index is 3.01. The molecule has 0 spiro atoms. The second-order valence-corrected chi connectivity index (χ2v) is 3.52. The summed E-state index contributed by atoms with van der Waals surface area (Å²) in [6.45, 7) is 7.60. The number of aromatic nitrogens is 2. The molecule has 13 heavy (non-hydrogen) atoms. The zero-order chi connectivity index (χ0) is 10.0. The molecule has 0 saturated heterocycles. The Bertz CT molecular complexity index is 313. The van der Waals surface area contributed by atoms with E-state index < -0.39 is 0 Å². The van der Waals surface area contributed by atoms with Crippen molar-refractivity contribution in [1.82, 2.24) is 9.97 Å². The SMILES string of the molecule is Cc1nc(Cl)c(OC(C)C)nc1C. The molecule has 0 amide bonds. The minimum absolute atomic E-state index is 0.0638. The van der Waals surface area contributed by atoms with Gasteiger partial charge in [0.05, 0.1) is 17.5 Å². The average Bonchev–Trinajstić information content (AvgIpc) is 1.99. The van der Waals surface area contributed by atoms with E-state index in [0.29, 0.717) is 11.0 Å². The molecule has 1 aromatic rings. The van der Waals surface area contributed by atoms with Crippen molar-refractivity contribution in [1.29, 1.82) is 0 Å². The van der Waals surface area contributed by atoms with E-state index in [1.165, 1.54) is 0 Å². The largest absolute Gasteiger partial charge is 0.473 e.